The highest BCUT2D eigenvalue weighted by Crippen LogP contribution is 2.25. The van der Waals surface area contributed by atoms with Crippen LogP contribution < -0.4 is 0 Å². The van der Waals surface area contributed by atoms with Crippen molar-refractivity contribution in [2.75, 3.05) is 66.1 Å². The Hall–Kier alpha value is -0.790. The number of aliphatic hydroxyl groups excluding tert-OH is 1. The molecule has 0 spiro atoms. The summed E-state index contributed by atoms with van der Waals surface area (Å²) in [5.74, 6) is -1.83. The SMILES string of the molecule is CC(C)(Br)C(=O)OCC(C)(COC(=O)C(C)(C)Br)C(=O)OCCOCCOCCOCCO. The van der Waals surface area contributed by atoms with E-state index in [0.717, 1.165) is 0 Å². The number of rotatable bonds is 18. The van der Waals surface area contributed by atoms with Crippen LogP contribution in [0.5, 0.6) is 0 Å². The third-order valence-corrected chi connectivity index (χ3v) is 4.60. The van der Waals surface area contributed by atoms with Gasteiger partial charge >= 0.3 is 17.9 Å². The molecule has 0 unspecified atom stereocenters. The number of hydrogen-bond acceptors (Lipinski definition) is 10. The molecule has 1 N–H and O–H groups in total. The lowest BCUT2D eigenvalue weighted by molar-refractivity contribution is -0.172. The zero-order valence-corrected chi connectivity index (χ0v) is 23.1. The summed E-state index contributed by atoms with van der Waals surface area (Å²) in [5, 5.41) is 8.58. The summed E-state index contributed by atoms with van der Waals surface area (Å²) in [5.41, 5.74) is -1.40. The van der Waals surface area contributed by atoms with Crippen LogP contribution in [0.3, 0.4) is 0 Å². The summed E-state index contributed by atoms with van der Waals surface area (Å²) in [7, 11) is 0. The van der Waals surface area contributed by atoms with Gasteiger partial charge in [0.25, 0.3) is 0 Å². The smallest absolute Gasteiger partial charge is 0.322 e. The first-order valence-electron chi connectivity index (χ1n) is 10.5. The molecule has 0 amide bonds. The fourth-order valence-corrected chi connectivity index (χ4v) is 2.16. The Morgan fingerprint density at radius 2 is 0.970 bits per heavy atom. The van der Waals surface area contributed by atoms with Gasteiger partial charge in [-0.05, 0) is 34.6 Å². The number of esters is 3. The molecule has 0 aromatic rings. The van der Waals surface area contributed by atoms with E-state index in [9.17, 15) is 14.4 Å². The van der Waals surface area contributed by atoms with Gasteiger partial charge in [-0.3, -0.25) is 14.4 Å². The first-order chi connectivity index (χ1) is 15.2. The van der Waals surface area contributed by atoms with Crippen molar-refractivity contribution in [2.45, 2.75) is 43.3 Å². The molecule has 12 heteroatoms. The zero-order chi connectivity index (χ0) is 25.5. The maximum atomic E-state index is 12.7. The lowest BCUT2D eigenvalue weighted by Crippen LogP contribution is -2.43. The summed E-state index contributed by atoms with van der Waals surface area (Å²) in [4.78, 5) is 36.9. The van der Waals surface area contributed by atoms with Crippen molar-refractivity contribution in [3.63, 3.8) is 0 Å². The van der Waals surface area contributed by atoms with Gasteiger partial charge in [0, 0.05) is 0 Å². The quantitative estimate of drug-likeness (QED) is 0.107. The van der Waals surface area contributed by atoms with Crippen LogP contribution in [0.4, 0.5) is 0 Å². The van der Waals surface area contributed by atoms with Crippen molar-refractivity contribution >= 4 is 49.8 Å². The fraction of sp³-hybridized carbons (Fsp3) is 0.857. The van der Waals surface area contributed by atoms with Crippen LogP contribution >= 0.6 is 31.9 Å². The summed E-state index contributed by atoms with van der Waals surface area (Å²) in [6.07, 6.45) is 0. The van der Waals surface area contributed by atoms with E-state index in [-0.39, 0.29) is 39.6 Å². The van der Waals surface area contributed by atoms with Crippen LogP contribution in [0.1, 0.15) is 34.6 Å². The maximum Gasteiger partial charge on any atom is 0.322 e. The van der Waals surface area contributed by atoms with E-state index in [4.69, 9.17) is 33.5 Å². The molecule has 0 aliphatic heterocycles. The van der Waals surface area contributed by atoms with Gasteiger partial charge < -0.3 is 33.5 Å². The van der Waals surface area contributed by atoms with E-state index < -0.39 is 32.0 Å². The summed E-state index contributed by atoms with van der Waals surface area (Å²) < 4.78 is 29.6. The highest BCUT2D eigenvalue weighted by molar-refractivity contribution is 9.10. The van der Waals surface area contributed by atoms with Crippen LogP contribution in [-0.2, 0) is 42.8 Å². The summed E-state index contributed by atoms with van der Waals surface area (Å²) >= 11 is 6.41. The minimum atomic E-state index is -1.40. The van der Waals surface area contributed by atoms with E-state index in [0.29, 0.717) is 26.4 Å². The Morgan fingerprint density at radius 3 is 1.33 bits per heavy atom. The average molecular weight is 608 g/mol. The first kappa shape index (κ1) is 32.2. The molecular formula is C21H36Br2O10. The lowest BCUT2D eigenvalue weighted by atomic mass is 9.93. The van der Waals surface area contributed by atoms with E-state index in [1.165, 1.54) is 6.92 Å². The standard InChI is InChI=1S/C21H36Br2O10/c1-19(2,22)16(25)32-14-21(5,15-33-17(26)20(3,4)23)18(27)31-13-12-30-11-10-29-9-8-28-7-6-24/h24H,6-15H2,1-5H3. The zero-order valence-electron chi connectivity index (χ0n) is 19.9. The Morgan fingerprint density at radius 1 is 0.606 bits per heavy atom. The van der Waals surface area contributed by atoms with E-state index in [2.05, 4.69) is 31.9 Å². The molecule has 0 aliphatic rings. The predicted molar refractivity (Wildman–Crippen MR) is 127 cm³/mol. The molecule has 0 aromatic heterocycles. The van der Waals surface area contributed by atoms with Crippen molar-refractivity contribution in [1.82, 2.24) is 0 Å². The normalized spacial score (nSPS) is 12.4. The number of halogens is 2. The van der Waals surface area contributed by atoms with Crippen LogP contribution in [0.2, 0.25) is 0 Å². The van der Waals surface area contributed by atoms with Crippen molar-refractivity contribution in [3.05, 3.63) is 0 Å². The van der Waals surface area contributed by atoms with Gasteiger partial charge in [0.2, 0.25) is 0 Å². The van der Waals surface area contributed by atoms with E-state index in [1.54, 1.807) is 27.7 Å². The highest BCUT2D eigenvalue weighted by Gasteiger charge is 2.41. The van der Waals surface area contributed by atoms with Gasteiger partial charge in [0.1, 0.15) is 33.9 Å². The highest BCUT2D eigenvalue weighted by atomic mass is 79.9. The first-order valence-corrected chi connectivity index (χ1v) is 12.1. The molecule has 0 atom stereocenters. The van der Waals surface area contributed by atoms with Crippen LogP contribution in [0.15, 0.2) is 0 Å². The largest absolute Gasteiger partial charge is 0.463 e. The monoisotopic (exact) mass is 606 g/mol. The number of alkyl halides is 2. The minimum Gasteiger partial charge on any atom is -0.463 e. The van der Waals surface area contributed by atoms with Crippen LogP contribution in [-0.4, -0.2) is 97.7 Å². The predicted octanol–water partition coefficient (Wildman–Crippen LogP) is 2.01. The summed E-state index contributed by atoms with van der Waals surface area (Å²) in [6, 6.07) is 0. The Balaban J connectivity index is 4.55. The summed E-state index contributed by atoms with van der Waals surface area (Å²) in [6.45, 7) is 9.01. The minimum absolute atomic E-state index is 0.0330. The molecule has 33 heavy (non-hydrogen) atoms. The van der Waals surface area contributed by atoms with Gasteiger partial charge in [0.15, 0.2) is 0 Å². The number of ether oxygens (including phenoxy) is 6. The Labute approximate surface area is 212 Å². The molecule has 0 fully saturated rings. The second kappa shape index (κ2) is 16.0. The van der Waals surface area contributed by atoms with Gasteiger partial charge in [-0.1, -0.05) is 31.9 Å². The van der Waals surface area contributed by atoms with E-state index >= 15 is 0 Å². The third kappa shape index (κ3) is 14.9. The number of aliphatic hydroxyl groups is 1. The van der Waals surface area contributed by atoms with Gasteiger partial charge in [-0.15, -0.1) is 0 Å². The van der Waals surface area contributed by atoms with Gasteiger partial charge in [-0.2, -0.15) is 0 Å². The van der Waals surface area contributed by atoms with Crippen molar-refractivity contribution in [3.8, 4) is 0 Å². The van der Waals surface area contributed by atoms with Crippen molar-refractivity contribution in [2.24, 2.45) is 5.41 Å². The molecule has 10 nitrogen and oxygen atoms in total. The molecular weight excluding hydrogens is 572 g/mol. The molecule has 0 heterocycles. The molecule has 0 radical (unpaired) electrons. The lowest BCUT2D eigenvalue weighted by Gasteiger charge is -2.28. The van der Waals surface area contributed by atoms with Gasteiger partial charge in [-0.25, -0.2) is 0 Å². The van der Waals surface area contributed by atoms with E-state index in [1.807, 2.05) is 0 Å². The Bertz CT molecular complexity index is 569. The van der Waals surface area contributed by atoms with Crippen molar-refractivity contribution < 1.29 is 47.9 Å². The molecule has 194 valence electrons. The molecule has 0 rings (SSSR count). The Kier molecular flexibility index (Phi) is 15.6. The molecule has 0 saturated heterocycles. The molecule has 0 bridgehead atoms. The maximum absolute atomic E-state index is 12.7. The number of hydrogen-bond donors (Lipinski definition) is 1. The fourth-order valence-electron chi connectivity index (χ4n) is 1.93. The number of carbonyl (C=O) groups is 3. The molecule has 0 aliphatic carbocycles. The topological polar surface area (TPSA) is 127 Å². The van der Waals surface area contributed by atoms with Crippen LogP contribution in [0.25, 0.3) is 0 Å². The van der Waals surface area contributed by atoms with Crippen molar-refractivity contribution in [1.29, 1.82) is 0 Å². The van der Waals surface area contributed by atoms with Crippen LogP contribution in [0, 0.1) is 5.41 Å². The number of carbonyl (C=O) groups excluding carboxylic acids is 3. The molecule has 0 saturated carbocycles. The average Bonchev–Trinajstić information content (AvgIpc) is 2.72. The van der Waals surface area contributed by atoms with Gasteiger partial charge in [0.05, 0.1) is 46.2 Å². The molecule has 0 aromatic carbocycles. The second-order valence-corrected chi connectivity index (χ2v) is 12.3. The third-order valence-electron chi connectivity index (χ3n) is 3.95. The second-order valence-electron chi connectivity index (χ2n) is 8.35.